The van der Waals surface area contributed by atoms with Crippen LogP contribution in [0.4, 0.5) is 0 Å². The van der Waals surface area contributed by atoms with Gasteiger partial charge in [-0.15, -0.1) is 0 Å². The number of hydrogen-bond acceptors (Lipinski definition) is 3. The minimum absolute atomic E-state index is 0.0532. The van der Waals surface area contributed by atoms with Gasteiger partial charge in [-0.05, 0) is 197 Å². The van der Waals surface area contributed by atoms with Crippen LogP contribution in [0.3, 0.4) is 0 Å². The van der Waals surface area contributed by atoms with Crippen molar-refractivity contribution in [2.75, 3.05) is 0 Å². The minimum atomic E-state index is -4.79. The van der Waals surface area contributed by atoms with E-state index in [4.69, 9.17) is 3.63 Å². The molecule has 0 fully saturated rings. The minimum Gasteiger partial charge on any atom is -0.203 e. The largest absolute Gasteiger partial charge is 0.307 e. The van der Waals surface area contributed by atoms with Gasteiger partial charge >= 0.3 is 10.1 Å². The van der Waals surface area contributed by atoms with Crippen LogP contribution in [-0.4, -0.2) is 8.42 Å². The molecule has 0 aliphatic rings. The molecule has 0 radical (unpaired) electrons. The third-order valence-electron chi connectivity index (χ3n) is 17.8. The molecule has 0 atom stereocenters. The number of rotatable bonds is 12. The predicted octanol–water partition coefficient (Wildman–Crippen LogP) is 23.5. The zero-order chi connectivity index (χ0) is 60.3. The van der Waals surface area contributed by atoms with E-state index in [1.165, 1.54) is 0 Å². The van der Waals surface area contributed by atoms with Crippen LogP contribution >= 0.6 is 10.3 Å². The summed E-state index contributed by atoms with van der Waals surface area (Å²) in [5, 5.41) is 12.6. The van der Waals surface area contributed by atoms with Crippen molar-refractivity contribution in [3.63, 3.8) is 0 Å². The molecule has 16 rings (SSSR count). The van der Waals surface area contributed by atoms with Crippen molar-refractivity contribution < 1.29 is 12.0 Å². The Morgan fingerprint density at radius 1 is 0.233 bits per heavy atom. The van der Waals surface area contributed by atoms with E-state index in [1.807, 2.05) is 37.3 Å². The normalized spacial score (nSPS) is 12.1. The Morgan fingerprint density at radius 3 is 0.800 bits per heavy atom. The molecule has 0 N–H and O–H groups in total. The highest BCUT2D eigenvalue weighted by Gasteiger charge is 2.46. The lowest BCUT2D eigenvalue weighted by atomic mass is 9.88. The van der Waals surface area contributed by atoms with E-state index in [2.05, 4.69) is 291 Å². The number of aryl methyl sites for hydroxylation is 1. The van der Waals surface area contributed by atoms with Crippen LogP contribution in [0.25, 0.3) is 131 Å². The molecule has 0 aliphatic heterocycles. The highest BCUT2D eigenvalue weighted by atomic mass is 32.3. The Labute approximate surface area is 526 Å². The smallest absolute Gasteiger partial charge is 0.203 e. The Morgan fingerprint density at radius 2 is 0.489 bits per heavy atom. The van der Waals surface area contributed by atoms with Gasteiger partial charge in [-0.1, -0.05) is 291 Å². The summed E-state index contributed by atoms with van der Waals surface area (Å²) in [6.07, 6.45) is 0. The monoisotopic (exact) mass is 1190 g/mol. The van der Waals surface area contributed by atoms with Crippen molar-refractivity contribution in [1.29, 1.82) is 0 Å². The van der Waals surface area contributed by atoms with Crippen LogP contribution in [-0.2, 0) is 13.7 Å². The fraction of sp³-hybridized carbons (Fsp3) is 0.0118. The van der Waals surface area contributed by atoms with Crippen molar-refractivity contribution in [3.8, 4) is 66.8 Å². The molecular weight excluding hydrogens is 1130 g/mol. The SMILES string of the molecule is Cc1ccc(S(=O)(=O)OS(c2ccccc2)(c2c(-c3cccc4ccccc34)cc(-c3cccc4ccccc34)cc2-c2cccc3ccccc23)c2c(-c3cccc4ccccc34)cc(-c3cccc4ccccc34)cc2-c2cccc3ccccc23)cc1. The van der Waals surface area contributed by atoms with Gasteiger partial charge in [0, 0.05) is 14.7 Å². The fourth-order valence-corrected chi connectivity index (χ4v) is 19.6. The maximum atomic E-state index is 17.0. The third-order valence-corrected chi connectivity index (χ3v) is 23.2. The Kier molecular flexibility index (Phi) is 13.7. The quantitative estimate of drug-likeness (QED) is 0.122. The second-order valence-electron chi connectivity index (χ2n) is 23.2. The zero-order valence-corrected chi connectivity index (χ0v) is 50.9. The van der Waals surface area contributed by atoms with Crippen molar-refractivity contribution in [1.82, 2.24) is 0 Å². The van der Waals surface area contributed by atoms with Crippen LogP contribution in [0.5, 0.6) is 0 Å². The molecule has 90 heavy (non-hydrogen) atoms. The summed E-state index contributed by atoms with van der Waals surface area (Å²) in [5.41, 5.74) is 12.0. The molecule has 428 valence electrons. The van der Waals surface area contributed by atoms with Crippen LogP contribution in [0.2, 0.25) is 0 Å². The average molecular weight is 1190 g/mol. The predicted molar refractivity (Wildman–Crippen MR) is 379 cm³/mol. The summed E-state index contributed by atoms with van der Waals surface area (Å²) in [5.74, 6) is 0. The summed E-state index contributed by atoms with van der Waals surface area (Å²) < 4.78 is 42.2. The van der Waals surface area contributed by atoms with E-state index in [1.54, 1.807) is 12.1 Å². The lowest BCUT2D eigenvalue weighted by Crippen LogP contribution is -2.18. The standard InChI is InChI=1S/C85H58O3S2/c1-57-49-51-67(52-50-57)90(86,87)88-89(66-35-3-2-4-36-66,84-80(76-45-19-31-60-25-7-13-39-70(60)76)53-64(74-43-17-29-58-23-5-11-37-68(58)74)54-81(84)77-46-20-32-61-26-8-14-40-71(61)77)85-82(78-47-21-33-62-27-9-15-41-72(62)78)55-65(75-44-18-30-59-24-6-12-38-69(59)75)56-83(85)79-48-22-34-63-28-10-16-42-73(63)79/h2-56H,1H3. The van der Waals surface area contributed by atoms with Gasteiger partial charge in [-0.25, -0.2) is 3.63 Å². The van der Waals surface area contributed by atoms with Gasteiger partial charge in [0.2, 0.25) is 0 Å². The first-order valence-corrected chi connectivity index (χ1v) is 33.4. The van der Waals surface area contributed by atoms with E-state index in [0.29, 0.717) is 4.90 Å². The van der Waals surface area contributed by atoms with E-state index in [9.17, 15) is 0 Å². The third kappa shape index (κ3) is 9.37. The molecular formula is C85H58O3S2. The van der Waals surface area contributed by atoms with Crippen molar-refractivity contribution in [2.45, 2.75) is 26.5 Å². The van der Waals surface area contributed by atoms with Gasteiger partial charge in [-0.3, -0.25) is 0 Å². The molecule has 0 saturated carbocycles. The highest BCUT2D eigenvalue weighted by Crippen LogP contribution is 2.78. The maximum Gasteiger partial charge on any atom is 0.307 e. The van der Waals surface area contributed by atoms with Gasteiger partial charge in [0.15, 0.2) is 0 Å². The molecule has 0 aliphatic carbocycles. The Balaban J connectivity index is 1.21. The van der Waals surface area contributed by atoms with Crippen LogP contribution in [0.1, 0.15) is 5.56 Å². The highest BCUT2D eigenvalue weighted by molar-refractivity contribution is 8.33. The molecule has 0 amide bonds. The zero-order valence-electron chi connectivity index (χ0n) is 49.3. The van der Waals surface area contributed by atoms with Crippen LogP contribution in [0, 0.1) is 6.92 Å². The summed E-state index contributed by atoms with van der Waals surface area (Å²) >= 11 is 0. The molecule has 0 heterocycles. The van der Waals surface area contributed by atoms with Crippen molar-refractivity contribution in [2.24, 2.45) is 0 Å². The second-order valence-corrected chi connectivity index (χ2v) is 27.5. The Bertz CT molecular complexity index is 5100. The van der Waals surface area contributed by atoms with E-state index in [-0.39, 0.29) is 4.90 Å². The fourth-order valence-electron chi connectivity index (χ4n) is 13.7. The van der Waals surface area contributed by atoms with Crippen LogP contribution < -0.4 is 0 Å². The molecule has 0 saturated heterocycles. The first-order valence-electron chi connectivity index (χ1n) is 30.5. The summed E-state index contributed by atoms with van der Waals surface area (Å²) in [6.45, 7) is 1.98. The molecule has 16 aromatic rings. The topological polar surface area (TPSA) is 43.4 Å². The molecule has 3 nitrogen and oxygen atoms in total. The first-order chi connectivity index (χ1) is 44.3. The van der Waals surface area contributed by atoms with Gasteiger partial charge < -0.3 is 0 Å². The van der Waals surface area contributed by atoms with Gasteiger partial charge in [0.1, 0.15) is 0 Å². The van der Waals surface area contributed by atoms with Gasteiger partial charge in [-0.2, -0.15) is 8.42 Å². The average Bonchev–Trinajstić information content (AvgIpc) is 0.697. The second kappa shape index (κ2) is 22.5. The molecule has 0 unspecified atom stereocenters. The van der Waals surface area contributed by atoms with E-state index in [0.717, 1.165) is 147 Å². The van der Waals surface area contributed by atoms with E-state index < -0.39 is 20.4 Å². The molecule has 0 aromatic heterocycles. The molecule has 5 heteroatoms. The van der Waals surface area contributed by atoms with E-state index >= 15 is 8.42 Å². The van der Waals surface area contributed by atoms with Gasteiger partial charge in [0.05, 0.1) is 4.90 Å². The molecule has 0 spiro atoms. The van der Waals surface area contributed by atoms with Crippen molar-refractivity contribution in [3.05, 3.63) is 339 Å². The number of benzene rings is 16. The van der Waals surface area contributed by atoms with Gasteiger partial charge in [0.25, 0.3) is 0 Å². The molecule has 0 bridgehead atoms. The summed E-state index contributed by atoms with van der Waals surface area (Å²) in [6, 6.07) is 117. The van der Waals surface area contributed by atoms with Crippen LogP contribution in [0.15, 0.2) is 353 Å². The maximum absolute atomic E-state index is 17.0. The number of hydrogen-bond donors (Lipinski definition) is 0. The molecule has 16 aromatic carbocycles. The summed E-state index contributed by atoms with van der Waals surface area (Å²) in [4.78, 5) is 2.23. The first kappa shape index (κ1) is 54.7. The van der Waals surface area contributed by atoms with Crippen molar-refractivity contribution >= 4 is 85.1 Å². The Hall–Kier alpha value is -10.7. The number of fused-ring (bicyclic) bond motifs is 6. The summed E-state index contributed by atoms with van der Waals surface area (Å²) in [7, 11) is -8.60. The lowest BCUT2D eigenvalue weighted by molar-refractivity contribution is 0.508. The lowest BCUT2D eigenvalue weighted by Gasteiger charge is -2.45.